The van der Waals surface area contributed by atoms with E-state index >= 15 is 0 Å². The molecule has 3 N–H and O–H groups in total. The number of benzene rings is 1. The molecule has 0 aliphatic carbocycles. The van der Waals surface area contributed by atoms with Crippen LogP contribution in [0.2, 0.25) is 0 Å². The van der Waals surface area contributed by atoms with Crippen LogP contribution in [0.3, 0.4) is 0 Å². The molecular formula is C14H13FN4O. The Kier molecular flexibility index (Phi) is 4.01. The van der Waals surface area contributed by atoms with Crippen LogP contribution in [0.5, 0.6) is 5.88 Å². The van der Waals surface area contributed by atoms with Gasteiger partial charge < -0.3 is 15.8 Å². The SMILES string of the molecule is CCOc1nc(Nc2ccc(C#N)cc2F)ccc1N. The summed E-state index contributed by atoms with van der Waals surface area (Å²) in [4.78, 5) is 4.15. The predicted octanol–water partition coefficient (Wildman–Crippen LogP) is 2.82. The zero-order valence-electron chi connectivity index (χ0n) is 10.9. The maximum atomic E-state index is 13.8. The van der Waals surface area contributed by atoms with Crippen LogP contribution in [0.25, 0.3) is 0 Å². The lowest BCUT2D eigenvalue weighted by atomic mass is 10.2. The van der Waals surface area contributed by atoms with Gasteiger partial charge >= 0.3 is 0 Å². The van der Waals surface area contributed by atoms with Crippen LogP contribution >= 0.6 is 0 Å². The Bertz CT molecular complexity index is 667. The van der Waals surface area contributed by atoms with Gasteiger partial charge in [-0.25, -0.2) is 4.39 Å². The van der Waals surface area contributed by atoms with Crippen LogP contribution in [0, 0.1) is 17.1 Å². The van der Waals surface area contributed by atoms with E-state index in [9.17, 15) is 4.39 Å². The van der Waals surface area contributed by atoms with Crippen molar-refractivity contribution >= 4 is 17.2 Å². The van der Waals surface area contributed by atoms with Crippen molar-refractivity contribution in [1.82, 2.24) is 4.98 Å². The Morgan fingerprint density at radius 2 is 2.20 bits per heavy atom. The molecule has 2 aromatic rings. The molecule has 102 valence electrons. The van der Waals surface area contributed by atoms with E-state index in [0.29, 0.717) is 24.0 Å². The predicted molar refractivity (Wildman–Crippen MR) is 74.2 cm³/mol. The van der Waals surface area contributed by atoms with Gasteiger partial charge in [0.05, 0.1) is 29.6 Å². The van der Waals surface area contributed by atoms with Crippen molar-refractivity contribution < 1.29 is 9.13 Å². The van der Waals surface area contributed by atoms with Crippen LogP contribution in [-0.4, -0.2) is 11.6 Å². The Balaban J connectivity index is 2.26. The summed E-state index contributed by atoms with van der Waals surface area (Å²) in [6, 6.07) is 9.27. The molecule has 0 bridgehead atoms. The molecule has 0 amide bonds. The number of aromatic nitrogens is 1. The summed E-state index contributed by atoms with van der Waals surface area (Å²) in [6.45, 7) is 2.26. The Labute approximate surface area is 115 Å². The summed E-state index contributed by atoms with van der Waals surface area (Å²) in [7, 11) is 0. The largest absolute Gasteiger partial charge is 0.476 e. The van der Waals surface area contributed by atoms with E-state index in [1.165, 1.54) is 12.1 Å². The molecule has 0 aliphatic rings. The third-order valence-electron chi connectivity index (χ3n) is 2.53. The van der Waals surface area contributed by atoms with E-state index in [0.717, 1.165) is 6.07 Å². The Morgan fingerprint density at radius 1 is 1.40 bits per heavy atom. The lowest BCUT2D eigenvalue weighted by Crippen LogP contribution is -2.02. The molecule has 0 saturated carbocycles. The first kappa shape index (κ1) is 13.6. The summed E-state index contributed by atoms with van der Waals surface area (Å²) in [6.07, 6.45) is 0. The van der Waals surface area contributed by atoms with Gasteiger partial charge in [0, 0.05) is 0 Å². The second kappa shape index (κ2) is 5.89. The Hall–Kier alpha value is -2.81. The van der Waals surface area contributed by atoms with E-state index in [1.54, 1.807) is 12.1 Å². The molecule has 1 aromatic carbocycles. The topological polar surface area (TPSA) is 84.0 Å². The number of rotatable bonds is 4. The number of nitriles is 1. The summed E-state index contributed by atoms with van der Waals surface area (Å²) >= 11 is 0. The van der Waals surface area contributed by atoms with E-state index in [-0.39, 0.29) is 11.3 Å². The van der Waals surface area contributed by atoms with Gasteiger partial charge in [-0.15, -0.1) is 0 Å². The zero-order chi connectivity index (χ0) is 14.5. The van der Waals surface area contributed by atoms with E-state index in [2.05, 4.69) is 10.3 Å². The molecule has 0 aliphatic heterocycles. The highest BCUT2D eigenvalue weighted by molar-refractivity contribution is 5.61. The number of pyridine rings is 1. The molecule has 0 radical (unpaired) electrons. The number of hydrogen-bond donors (Lipinski definition) is 2. The van der Waals surface area contributed by atoms with Crippen molar-refractivity contribution in [2.24, 2.45) is 0 Å². The quantitative estimate of drug-likeness (QED) is 0.894. The second-order valence-corrected chi connectivity index (χ2v) is 3.96. The van der Waals surface area contributed by atoms with Gasteiger partial charge in [0.2, 0.25) is 5.88 Å². The first-order valence-electron chi connectivity index (χ1n) is 6.00. The lowest BCUT2D eigenvalue weighted by molar-refractivity contribution is 0.329. The molecule has 1 aromatic heterocycles. The maximum Gasteiger partial charge on any atom is 0.239 e. The number of hydrogen-bond acceptors (Lipinski definition) is 5. The van der Waals surface area contributed by atoms with Crippen LogP contribution in [0.4, 0.5) is 21.6 Å². The van der Waals surface area contributed by atoms with Gasteiger partial charge in [0.15, 0.2) is 0 Å². The maximum absolute atomic E-state index is 13.8. The minimum absolute atomic E-state index is 0.226. The molecule has 1 heterocycles. The van der Waals surface area contributed by atoms with Gasteiger partial charge in [-0.3, -0.25) is 0 Å². The first-order chi connectivity index (χ1) is 9.63. The van der Waals surface area contributed by atoms with E-state index in [4.69, 9.17) is 15.7 Å². The molecule has 2 rings (SSSR count). The molecule has 6 heteroatoms. The normalized spacial score (nSPS) is 9.85. The average molecular weight is 272 g/mol. The van der Waals surface area contributed by atoms with Gasteiger partial charge in [0.25, 0.3) is 0 Å². The van der Waals surface area contributed by atoms with Gasteiger partial charge in [-0.2, -0.15) is 10.2 Å². The fourth-order valence-corrected chi connectivity index (χ4v) is 1.60. The van der Waals surface area contributed by atoms with E-state index in [1.807, 2.05) is 13.0 Å². The number of nitrogens with one attached hydrogen (secondary N) is 1. The van der Waals surface area contributed by atoms with Crippen molar-refractivity contribution in [2.75, 3.05) is 17.7 Å². The van der Waals surface area contributed by atoms with Crippen LogP contribution in [-0.2, 0) is 0 Å². The van der Waals surface area contributed by atoms with Crippen LogP contribution in [0.15, 0.2) is 30.3 Å². The number of nitrogen functional groups attached to an aromatic ring is 1. The molecule has 0 fully saturated rings. The van der Waals surface area contributed by atoms with Crippen LogP contribution in [0.1, 0.15) is 12.5 Å². The highest BCUT2D eigenvalue weighted by Gasteiger charge is 2.07. The number of halogens is 1. The molecule has 0 atom stereocenters. The van der Waals surface area contributed by atoms with Gasteiger partial charge in [-0.05, 0) is 37.3 Å². The summed E-state index contributed by atoms with van der Waals surface area (Å²) in [5, 5.41) is 11.5. The minimum Gasteiger partial charge on any atom is -0.476 e. The molecule has 20 heavy (non-hydrogen) atoms. The van der Waals surface area contributed by atoms with Crippen LogP contribution < -0.4 is 15.8 Å². The zero-order valence-corrected chi connectivity index (χ0v) is 10.9. The fraction of sp³-hybridized carbons (Fsp3) is 0.143. The third-order valence-corrected chi connectivity index (χ3v) is 2.53. The summed E-state index contributed by atoms with van der Waals surface area (Å²) in [5.74, 6) is 0.179. The highest BCUT2D eigenvalue weighted by Crippen LogP contribution is 2.24. The number of nitrogens with two attached hydrogens (primary N) is 1. The second-order valence-electron chi connectivity index (χ2n) is 3.96. The molecule has 0 saturated heterocycles. The fourth-order valence-electron chi connectivity index (χ4n) is 1.60. The van der Waals surface area contributed by atoms with Crippen molar-refractivity contribution in [3.05, 3.63) is 41.7 Å². The average Bonchev–Trinajstić information content (AvgIpc) is 2.45. The van der Waals surface area contributed by atoms with Gasteiger partial charge in [-0.1, -0.05) is 0 Å². The number of nitrogens with zero attached hydrogens (tertiary/aromatic N) is 2. The summed E-state index contributed by atoms with van der Waals surface area (Å²) in [5.41, 5.74) is 6.61. The van der Waals surface area contributed by atoms with Crippen molar-refractivity contribution in [3.63, 3.8) is 0 Å². The molecule has 0 spiro atoms. The van der Waals surface area contributed by atoms with E-state index < -0.39 is 5.82 Å². The molecule has 0 unspecified atom stereocenters. The number of ether oxygens (including phenoxy) is 1. The highest BCUT2D eigenvalue weighted by atomic mass is 19.1. The third kappa shape index (κ3) is 2.95. The monoisotopic (exact) mass is 272 g/mol. The summed E-state index contributed by atoms with van der Waals surface area (Å²) < 4.78 is 19.0. The smallest absolute Gasteiger partial charge is 0.239 e. The first-order valence-corrected chi connectivity index (χ1v) is 6.00. The molecular weight excluding hydrogens is 259 g/mol. The number of anilines is 3. The molecule has 5 nitrogen and oxygen atoms in total. The van der Waals surface area contributed by atoms with Crippen molar-refractivity contribution in [2.45, 2.75) is 6.92 Å². The lowest BCUT2D eigenvalue weighted by Gasteiger charge is -2.10. The standard InChI is InChI=1S/C14H13FN4O/c1-2-20-14-11(17)4-6-13(19-14)18-12-5-3-9(8-16)7-10(12)15/h3-7H,2,17H2,1H3,(H,18,19). The minimum atomic E-state index is -0.527. The van der Waals surface area contributed by atoms with Crippen molar-refractivity contribution in [3.8, 4) is 11.9 Å². The Morgan fingerprint density at radius 3 is 2.85 bits per heavy atom. The van der Waals surface area contributed by atoms with Crippen molar-refractivity contribution in [1.29, 1.82) is 5.26 Å². The van der Waals surface area contributed by atoms with Gasteiger partial charge in [0.1, 0.15) is 11.6 Å².